The van der Waals surface area contributed by atoms with Gasteiger partial charge in [0.2, 0.25) is 0 Å². The van der Waals surface area contributed by atoms with E-state index in [1.54, 1.807) is 24.5 Å². The summed E-state index contributed by atoms with van der Waals surface area (Å²) in [6, 6.07) is 9.81. The Morgan fingerprint density at radius 3 is 2.61 bits per heavy atom. The minimum absolute atomic E-state index is 0.104. The van der Waals surface area contributed by atoms with Gasteiger partial charge in [-0.05, 0) is 42.8 Å². The van der Waals surface area contributed by atoms with Crippen molar-refractivity contribution in [3.63, 3.8) is 0 Å². The van der Waals surface area contributed by atoms with E-state index in [4.69, 9.17) is 0 Å². The van der Waals surface area contributed by atoms with Crippen LogP contribution in [0, 0.1) is 5.82 Å². The first kappa shape index (κ1) is 12.5. The minimum atomic E-state index is -0.670. The number of nitrogens with zero attached hydrogens (tertiary/aromatic N) is 1. The molecule has 0 saturated carbocycles. The average Bonchev–Trinajstić information content (AvgIpc) is 2.39. The molecule has 2 aromatic rings. The number of pyridine rings is 1. The van der Waals surface area contributed by atoms with Crippen LogP contribution in [0.2, 0.25) is 0 Å². The van der Waals surface area contributed by atoms with Crippen LogP contribution in [0.4, 0.5) is 10.1 Å². The van der Waals surface area contributed by atoms with E-state index in [0.717, 1.165) is 5.56 Å². The molecule has 1 aromatic heterocycles. The Morgan fingerprint density at radius 2 is 2.00 bits per heavy atom. The lowest BCUT2D eigenvalue weighted by Gasteiger charge is -2.30. The molecular weight excluding hydrogens is 231 g/mol. The number of aliphatic hydroxyl groups is 1. The average molecular weight is 246 g/mol. The van der Waals surface area contributed by atoms with Crippen LogP contribution >= 0.6 is 0 Å². The zero-order chi connectivity index (χ0) is 13.0. The standard InChI is InChI=1S/C14H15FN2O/c1-14(10-18,11-5-7-16-8-6-11)17-13-4-2-3-12(15)9-13/h2-9,17-18H,10H2,1H3. The summed E-state index contributed by atoms with van der Waals surface area (Å²) in [5.74, 6) is -0.310. The smallest absolute Gasteiger partial charge is 0.125 e. The first-order valence-electron chi connectivity index (χ1n) is 5.69. The van der Waals surface area contributed by atoms with Gasteiger partial charge >= 0.3 is 0 Å². The molecule has 0 saturated heterocycles. The van der Waals surface area contributed by atoms with Crippen LogP contribution in [0.5, 0.6) is 0 Å². The molecule has 18 heavy (non-hydrogen) atoms. The molecule has 1 heterocycles. The van der Waals surface area contributed by atoms with Gasteiger partial charge in [-0.1, -0.05) is 6.07 Å². The Morgan fingerprint density at radius 1 is 1.28 bits per heavy atom. The van der Waals surface area contributed by atoms with Gasteiger partial charge in [0.25, 0.3) is 0 Å². The van der Waals surface area contributed by atoms with Crippen molar-refractivity contribution in [2.75, 3.05) is 11.9 Å². The maximum atomic E-state index is 13.1. The van der Waals surface area contributed by atoms with Crippen molar-refractivity contribution in [2.24, 2.45) is 0 Å². The Kier molecular flexibility index (Phi) is 3.58. The first-order valence-corrected chi connectivity index (χ1v) is 5.69. The van der Waals surface area contributed by atoms with Crippen molar-refractivity contribution in [3.8, 4) is 0 Å². The molecular formula is C14H15FN2O. The van der Waals surface area contributed by atoms with Gasteiger partial charge in [-0.25, -0.2) is 4.39 Å². The fraction of sp³-hybridized carbons (Fsp3) is 0.214. The maximum Gasteiger partial charge on any atom is 0.125 e. The van der Waals surface area contributed by atoms with E-state index < -0.39 is 5.54 Å². The predicted molar refractivity (Wildman–Crippen MR) is 68.7 cm³/mol. The summed E-state index contributed by atoms with van der Waals surface area (Å²) in [6.45, 7) is 1.75. The number of rotatable bonds is 4. The molecule has 0 aliphatic carbocycles. The van der Waals surface area contributed by atoms with Crippen LogP contribution < -0.4 is 5.32 Å². The third-order valence-corrected chi connectivity index (χ3v) is 2.88. The quantitative estimate of drug-likeness (QED) is 0.871. The minimum Gasteiger partial charge on any atom is -0.394 e. The number of aromatic nitrogens is 1. The highest BCUT2D eigenvalue weighted by Crippen LogP contribution is 2.25. The van der Waals surface area contributed by atoms with Gasteiger partial charge in [0.15, 0.2) is 0 Å². The van der Waals surface area contributed by atoms with E-state index in [0.29, 0.717) is 5.69 Å². The van der Waals surface area contributed by atoms with E-state index in [9.17, 15) is 9.50 Å². The van der Waals surface area contributed by atoms with Gasteiger partial charge in [0, 0.05) is 18.1 Å². The summed E-state index contributed by atoms with van der Waals surface area (Å²) < 4.78 is 13.1. The third-order valence-electron chi connectivity index (χ3n) is 2.88. The first-order chi connectivity index (χ1) is 8.64. The van der Waals surface area contributed by atoms with E-state index in [-0.39, 0.29) is 12.4 Å². The number of aliphatic hydroxyl groups excluding tert-OH is 1. The Hall–Kier alpha value is -1.94. The van der Waals surface area contributed by atoms with Crippen molar-refractivity contribution >= 4 is 5.69 Å². The van der Waals surface area contributed by atoms with Gasteiger partial charge in [0.1, 0.15) is 5.82 Å². The summed E-state index contributed by atoms with van der Waals surface area (Å²) >= 11 is 0. The molecule has 1 unspecified atom stereocenters. The molecule has 4 heteroatoms. The molecule has 0 radical (unpaired) electrons. The van der Waals surface area contributed by atoms with E-state index in [2.05, 4.69) is 10.3 Å². The molecule has 0 aliphatic rings. The van der Waals surface area contributed by atoms with Gasteiger partial charge in [-0.15, -0.1) is 0 Å². The summed E-state index contributed by atoms with van der Waals surface area (Å²) in [6.07, 6.45) is 3.33. The Balaban J connectivity index is 2.29. The van der Waals surface area contributed by atoms with Gasteiger partial charge in [0.05, 0.1) is 12.1 Å². The summed E-state index contributed by atoms with van der Waals surface area (Å²) in [4.78, 5) is 3.94. The van der Waals surface area contributed by atoms with Crippen LogP contribution in [0.1, 0.15) is 12.5 Å². The highest BCUT2D eigenvalue weighted by atomic mass is 19.1. The molecule has 0 bridgehead atoms. The lowest BCUT2D eigenvalue weighted by molar-refractivity contribution is 0.224. The van der Waals surface area contributed by atoms with Gasteiger partial charge in [-0.2, -0.15) is 0 Å². The van der Waals surface area contributed by atoms with Crippen molar-refractivity contribution in [1.29, 1.82) is 0 Å². The Bertz CT molecular complexity index is 518. The summed E-state index contributed by atoms with van der Waals surface area (Å²) in [5.41, 5.74) is 0.851. The van der Waals surface area contributed by atoms with Crippen molar-refractivity contribution in [2.45, 2.75) is 12.5 Å². The lowest BCUT2D eigenvalue weighted by atomic mass is 9.93. The number of halogens is 1. The molecule has 3 nitrogen and oxygen atoms in total. The van der Waals surface area contributed by atoms with Gasteiger partial charge < -0.3 is 10.4 Å². The number of benzene rings is 1. The fourth-order valence-electron chi connectivity index (χ4n) is 1.81. The molecule has 2 rings (SSSR count). The van der Waals surface area contributed by atoms with E-state index >= 15 is 0 Å². The third kappa shape index (κ3) is 2.65. The SMILES string of the molecule is CC(CO)(Nc1cccc(F)c1)c1ccncc1. The predicted octanol–water partition coefficient (Wildman–Crippen LogP) is 2.54. The van der Waals surface area contributed by atoms with Crippen LogP contribution in [0.25, 0.3) is 0 Å². The van der Waals surface area contributed by atoms with E-state index in [1.165, 1.54) is 12.1 Å². The van der Waals surface area contributed by atoms with Crippen LogP contribution in [0.3, 0.4) is 0 Å². The molecule has 0 aliphatic heterocycles. The second-order valence-corrected chi connectivity index (χ2v) is 4.36. The second-order valence-electron chi connectivity index (χ2n) is 4.36. The van der Waals surface area contributed by atoms with Crippen LogP contribution in [-0.4, -0.2) is 16.7 Å². The van der Waals surface area contributed by atoms with Crippen LogP contribution in [0.15, 0.2) is 48.8 Å². The van der Waals surface area contributed by atoms with Crippen LogP contribution in [-0.2, 0) is 5.54 Å². The molecule has 94 valence electrons. The zero-order valence-corrected chi connectivity index (χ0v) is 10.1. The van der Waals surface area contributed by atoms with E-state index in [1.807, 2.05) is 19.1 Å². The normalized spacial score (nSPS) is 13.9. The highest BCUT2D eigenvalue weighted by Gasteiger charge is 2.25. The number of nitrogens with one attached hydrogen (secondary N) is 1. The molecule has 1 aromatic carbocycles. The largest absolute Gasteiger partial charge is 0.394 e. The summed E-state index contributed by atoms with van der Waals surface area (Å²) in [7, 11) is 0. The Labute approximate surface area is 105 Å². The zero-order valence-electron chi connectivity index (χ0n) is 10.1. The van der Waals surface area contributed by atoms with Crippen molar-refractivity contribution in [1.82, 2.24) is 4.98 Å². The monoisotopic (exact) mass is 246 g/mol. The number of hydrogen-bond donors (Lipinski definition) is 2. The molecule has 0 amide bonds. The maximum absolute atomic E-state index is 13.1. The molecule has 0 fully saturated rings. The van der Waals surface area contributed by atoms with Crippen molar-refractivity contribution < 1.29 is 9.50 Å². The molecule has 1 atom stereocenters. The summed E-state index contributed by atoms with van der Waals surface area (Å²) in [5, 5.41) is 12.7. The highest BCUT2D eigenvalue weighted by molar-refractivity contribution is 5.47. The topological polar surface area (TPSA) is 45.1 Å². The van der Waals surface area contributed by atoms with Gasteiger partial charge in [-0.3, -0.25) is 4.98 Å². The molecule has 0 spiro atoms. The molecule has 2 N–H and O–H groups in total. The van der Waals surface area contributed by atoms with Crippen molar-refractivity contribution in [3.05, 3.63) is 60.2 Å². The lowest BCUT2D eigenvalue weighted by Crippen LogP contribution is -2.35. The fourth-order valence-corrected chi connectivity index (χ4v) is 1.81. The number of hydrogen-bond acceptors (Lipinski definition) is 3. The second kappa shape index (κ2) is 5.14. The number of anilines is 1.